The fraction of sp³-hybridized carbons (Fsp3) is 0.538. The first-order chi connectivity index (χ1) is 17.9. The number of aliphatic hydroxyl groups excluding tert-OH is 1. The van der Waals surface area contributed by atoms with E-state index < -0.39 is 29.7 Å². The van der Waals surface area contributed by atoms with Gasteiger partial charge < -0.3 is 10.4 Å². The molecule has 37 heavy (non-hydrogen) atoms. The van der Waals surface area contributed by atoms with Crippen molar-refractivity contribution in [3.63, 3.8) is 0 Å². The van der Waals surface area contributed by atoms with Gasteiger partial charge in [0, 0.05) is 25.3 Å². The maximum Gasteiger partial charge on any atom is 0.264 e. The number of aryl methyl sites for hydroxylation is 1. The minimum Gasteiger partial charge on any atom is -0.396 e. The molecule has 2 atom stereocenters. The van der Waals surface area contributed by atoms with Crippen molar-refractivity contribution in [2.24, 2.45) is 0 Å². The summed E-state index contributed by atoms with van der Waals surface area (Å²) in [5.41, 5.74) is 1.64. The minimum atomic E-state index is -1.00. The number of hydrogen-bond donors (Lipinski definition) is 3. The molecule has 2 aromatic rings. The molecule has 2 unspecified atom stereocenters. The first-order valence-corrected chi connectivity index (χ1v) is 13.0. The van der Waals surface area contributed by atoms with Gasteiger partial charge in [0.25, 0.3) is 11.8 Å². The number of unbranched alkanes of at least 4 members (excludes halogenated alkanes) is 6. The zero-order valence-electron chi connectivity index (χ0n) is 21.1. The predicted octanol–water partition coefficient (Wildman–Crippen LogP) is 2.58. The van der Waals surface area contributed by atoms with E-state index in [0.717, 1.165) is 50.0 Å². The molecule has 4 rings (SSSR count). The van der Waals surface area contributed by atoms with Gasteiger partial charge in [-0.3, -0.25) is 34.1 Å². The Morgan fingerprint density at radius 3 is 2.51 bits per heavy atom. The molecule has 2 aliphatic rings. The lowest BCUT2D eigenvalue weighted by molar-refractivity contribution is -0.136. The van der Waals surface area contributed by atoms with E-state index in [2.05, 4.69) is 20.9 Å². The van der Waals surface area contributed by atoms with E-state index in [1.165, 1.54) is 6.42 Å². The van der Waals surface area contributed by atoms with Crippen LogP contribution in [0.3, 0.4) is 0 Å². The second-order valence-electron chi connectivity index (χ2n) is 9.65. The highest BCUT2D eigenvalue weighted by atomic mass is 16.3. The van der Waals surface area contributed by atoms with Crippen molar-refractivity contribution in [3.05, 3.63) is 41.2 Å². The van der Waals surface area contributed by atoms with Crippen LogP contribution in [0.25, 0.3) is 0 Å². The molecule has 1 aromatic heterocycles. The maximum absolute atomic E-state index is 13.3. The standard InChI is InChI=1S/C26H34N6O5/c1-17(20-16-31(30-29-20)14-7-5-3-2-4-6-8-15-33)27-19-11-9-10-18-23(19)26(37)32(25(18)36)21-12-13-22(34)28-24(21)35/h9-11,16-17,21,27,33H,2-8,12-15H2,1H3,(H,28,34,35). The predicted molar refractivity (Wildman–Crippen MR) is 135 cm³/mol. The fourth-order valence-electron chi connectivity index (χ4n) is 4.83. The number of anilines is 1. The highest BCUT2D eigenvalue weighted by molar-refractivity contribution is 6.25. The molecule has 0 spiro atoms. The van der Waals surface area contributed by atoms with Crippen LogP contribution in [0, 0.1) is 0 Å². The Morgan fingerprint density at radius 1 is 1.05 bits per heavy atom. The second-order valence-corrected chi connectivity index (χ2v) is 9.65. The number of piperidine rings is 1. The second kappa shape index (κ2) is 12.1. The number of amides is 4. The van der Waals surface area contributed by atoms with Gasteiger partial charge in [0.15, 0.2) is 0 Å². The number of nitrogens with one attached hydrogen (secondary N) is 2. The molecule has 0 bridgehead atoms. The monoisotopic (exact) mass is 510 g/mol. The number of benzene rings is 1. The van der Waals surface area contributed by atoms with Gasteiger partial charge in [-0.15, -0.1) is 5.10 Å². The molecule has 2 aliphatic heterocycles. The lowest BCUT2D eigenvalue weighted by atomic mass is 10.0. The van der Waals surface area contributed by atoms with Crippen molar-refractivity contribution in [2.75, 3.05) is 11.9 Å². The number of carbonyl (C=O) groups excluding carboxylic acids is 4. The third-order valence-corrected chi connectivity index (χ3v) is 6.89. The number of fused-ring (bicyclic) bond motifs is 1. The molecular weight excluding hydrogens is 476 g/mol. The molecule has 4 amide bonds. The van der Waals surface area contributed by atoms with Crippen LogP contribution in [0.4, 0.5) is 5.69 Å². The lowest BCUT2D eigenvalue weighted by Crippen LogP contribution is -2.54. The van der Waals surface area contributed by atoms with Crippen LogP contribution in [-0.4, -0.2) is 61.3 Å². The third kappa shape index (κ3) is 6.04. The largest absolute Gasteiger partial charge is 0.396 e. The van der Waals surface area contributed by atoms with E-state index in [1.807, 2.05) is 17.8 Å². The number of hydrogen-bond acceptors (Lipinski definition) is 8. The molecule has 0 saturated carbocycles. The summed E-state index contributed by atoms with van der Waals surface area (Å²) in [5, 5.41) is 22.8. The summed E-state index contributed by atoms with van der Waals surface area (Å²) >= 11 is 0. The number of carbonyl (C=O) groups is 4. The minimum absolute atomic E-state index is 0.0756. The van der Waals surface area contributed by atoms with Gasteiger partial charge in [0.1, 0.15) is 11.7 Å². The van der Waals surface area contributed by atoms with Crippen molar-refractivity contribution < 1.29 is 24.3 Å². The topological polar surface area (TPSA) is 147 Å². The van der Waals surface area contributed by atoms with Crippen molar-refractivity contribution in [1.82, 2.24) is 25.2 Å². The van der Waals surface area contributed by atoms with Gasteiger partial charge >= 0.3 is 0 Å². The third-order valence-electron chi connectivity index (χ3n) is 6.89. The van der Waals surface area contributed by atoms with E-state index in [4.69, 9.17) is 5.11 Å². The van der Waals surface area contributed by atoms with Gasteiger partial charge in [-0.2, -0.15) is 0 Å². The van der Waals surface area contributed by atoms with Crippen LogP contribution >= 0.6 is 0 Å². The molecule has 3 N–H and O–H groups in total. The first kappa shape index (κ1) is 26.5. The van der Waals surface area contributed by atoms with Gasteiger partial charge in [0.05, 0.1) is 23.4 Å². The van der Waals surface area contributed by atoms with E-state index in [9.17, 15) is 19.2 Å². The highest BCUT2D eigenvalue weighted by Crippen LogP contribution is 2.33. The zero-order chi connectivity index (χ0) is 26.4. The smallest absolute Gasteiger partial charge is 0.264 e. The molecule has 1 saturated heterocycles. The molecule has 0 aliphatic carbocycles. The van der Waals surface area contributed by atoms with Crippen LogP contribution in [0.15, 0.2) is 24.4 Å². The fourth-order valence-corrected chi connectivity index (χ4v) is 4.83. The zero-order valence-corrected chi connectivity index (χ0v) is 21.1. The number of aliphatic hydroxyl groups is 1. The molecule has 11 nitrogen and oxygen atoms in total. The van der Waals surface area contributed by atoms with Gasteiger partial charge in [0.2, 0.25) is 11.8 Å². The molecule has 1 aromatic carbocycles. The number of rotatable bonds is 13. The van der Waals surface area contributed by atoms with Crippen LogP contribution in [0.2, 0.25) is 0 Å². The van der Waals surface area contributed by atoms with Crippen LogP contribution in [0.5, 0.6) is 0 Å². The summed E-state index contributed by atoms with van der Waals surface area (Å²) in [4.78, 5) is 51.1. The Labute approximate surface area is 215 Å². The summed E-state index contributed by atoms with van der Waals surface area (Å²) in [7, 11) is 0. The van der Waals surface area contributed by atoms with Crippen molar-refractivity contribution in [2.45, 2.75) is 83.3 Å². The van der Waals surface area contributed by atoms with E-state index >= 15 is 0 Å². The van der Waals surface area contributed by atoms with Crippen LogP contribution in [0.1, 0.15) is 97.2 Å². The normalized spacial score (nSPS) is 18.2. The Kier molecular flexibility index (Phi) is 8.65. The van der Waals surface area contributed by atoms with Crippen LogP contribution < -0.4 is 10.6 Å². The summed E-state index contributed by atoms with van der Waals surface area (Å²) in [6.45, 7) is 2.94. The maximum atomic E-state index is 13.3. The summed E-state index contributed by atoms with van der Waals surface area (Å²) < 4.78 is 1.81. The molecule has 11 heteroatoms. The van der Waals surface area contributed by atoms with Crippen LogP contribution in [-0.2, 0) is 16.1 Å². The molecule has 198 valence electrons. The van der Waals surface area contributed by atoms with Gasteiger partial charge in [-0.05, 0) is 38.3 Å². The molecule has 0 radical (unpaired) electrons. The van der Waals surface area contributed by atoms with Gasteiger partial charge in [-0.25, -0.2) is 0 Å². The number of nitrogens with zero attached hydrogens (tertiary/aromatic N) is 4. The molecular formula is C26H34N6O5. The van der Waals surface area contributed by atoms with E-state index in [-0.39, 0.29) is 36.6 Å². The lowest BCUT2D eigenvalue weighted by Gasteiger charge is -2.27. The van der Waals surface area contributed by atoms with Crippen molar-refractivity contribution >= 4 is 29.3 Å². The molecule has 1 fully saturated rings. The Balaban J connectivity index is 1.35. The Morgan fingerprint density at radius 2 is 1.78 bits per heavy atom. The summed E-state index contributed by atoms with van der Waals surface area (Å²) in [5.74, 6) is -2.13. The average molecular weight is 511 g/mol. The summed E-state index contributed by atoms with van der Waals surface area (Å²) in [6, 6.07) is 3.70. The highest BCUT2D eigenvalue weighted by Gasteiger charge is 2.45. The Bertz CT molecular complexity index is 1160. The Hall–Kier alpha value is -3.60. The molecule has 3 heterocycles. The van der Waals surface area contributed by atoms with Crippen molar-refractivity contribution in [1.29, 1.82) is 0 Å². The number of imide groups is 2. The SMILES string of the molecule is CC(Nc1cccc2c1C(=O)N(C1CCC(=O)NC1=O)C2=O)c1cn(CCCCCCCCCO)nn1. The average Bonchev–Trinajstić information content (AvgIpc) is 3.45. The number of aromatic nitrogens is 3. The summed E-state index contributed by atoms with van der Waals surface area (Å²) in [6.07, 6.45) is 9.62. The van der Waals surface area contributed by atoms with E-state index in [0.29, 0.717) is 11.4 Å². The quantitative estimate of drug-likeness (QED) is 0.275. The van der Waals surface area contributed by atoms with Gasteiger partial charge in [-0.1, -0.05) is 43.4 Å². The van der Waals surface area contributed by atoms with E-state index in [1.54, 1.807) is 18.2 Å². The van der Waals surface area contributed by atoms with Crippen molar-refractivity contribution in [3.8, 4) is 0 Å². The first-order valence-electron chi connectivity index (χ1n) is 13.0.